The Balaban J connectivity index is 2.31. The summed E-state index contributed by atoms with van der Waals surface area (Å²) in [4.78, 5) is 14.0. The first-order valence-corrected chi connectivity index (χ1v) is 6.97. The smallest absolute Gasteiger partial charge is 0.311 e. The molecular weight excluding hydrogens is 238 g/mol. The average molecular weight is 261 g/mol. The molecule has 0 aromatic heterocycles. The number of rotatable bonds is 3. The third kappa shape index (κ3) is 3.16. The van der Waals surface area contributed by atoms with Crippen LogP contribution in [0.2, 0.25) is 0 Å². The van der Waals surface area contributed by atoms with Gasteiger partial charge in [-0.1, -0.05) is 23.8 Å². The van der Waals surface area contributed by atoms with Gasteiger partial charge >= 0.3 is 5.97 Å². The van der Waals surface area contributed by atoms with Gasteiger partial charge in [0.2, 0.25) is 0 Å². The van der Waals surface area contributed by atoms with Gasteiger partial charge in [0.15, 0.2) is 0 Å². The van der Waals surface area contributed by atoms with Gasteiger partial charge in [-0.05, 0) is 57.3 Å². The fraction of sp³-hybridized carbons (Fsp3) is 0.562. The molecule has 0 amide bonds. The molecule has 1 aromatic carbocycles. The van der Waals surface area contributed by atoms with E-state index in [9.17, 15) is 9.90 Å². The van der Waals surface area contributed by atoms with Crippen molar-refractivity contribution in [2.24, 2.45) is 5.92 Å². The molecular formula is C16H23NO2. The molecule has 0 spiro atoms. The minimum absolute atomic E-state index is 0.220. The van der Waals surface area contributed by atoms with E-state index in [4.69, 9.17) is 0 Å². The number of carbonyl (C=O) groups is 1. The third-order valence-electron chi connectivity index (χ3n) is 4.16. The van der Waals surface area contributed by atoms with E-state index in [1.54, 1.807) is 0 Å². The molecule has 3 nitrogen and oxygen atoms in total. The predicted molar refractivity (Wildman–Crippen MR) is 76.5 cm³/mol. The highest BCUT2D eigenvalue weighted by molar-refractivity contribution is 5.77. The van der Waals surface area contributed by atoms with Crippen molar-refractivity contribution in [3.63, 3.8) is 0 Å². The van der Waals surface area contributed by atoms with Crippen LogP contribution in [-0.4, -0.2) is 36.1 Å². The molecule has 3 heteroatoms. The molecule has 19 heavy (non-hydrogen) atoms. The van der Waals surface area contributed by atoms with Crippen LogP contribution in [0.25, 0.3) is 0 Å². The van der Waals surface area contributed by atoms with Gasteiger partial charge in [-0.25, -0.2) is 0 Å². The third-order valence-corrected chi connectivity index (χ3v) is 4.16. The minimum Gasteiger partial charge on any atom is -0.481 e. The summed E-state index contributed by atoms with van der Waals surface area (Å²) in [5.41, 5.74) is 3.27. The molecule has 1 aromatic rings. The molecule has 0 saturated carbocycles. The zero-order valence-corrected chi connectivity index (χ0v) is 12.0. The highest BCUT2D eigenvalue weighted by Gasteiger charge is 2.33. The van der Waals surface area contributed by atoms with Crippen LogP contribution < -0.4 is 0 Å². The van der Waals surface area contributed by atoms with Crippen molar-refractivity contribution in [2.75, 3.05) is 20.1 Å². The van der Waals surface area contributed by atoms with Gasteiger partial charge in [-0.2, -0.15) is 0 Å². The second-order valence-electron chi connectivity index (χ2n) is 5.84. The molecule has 0 radical (unpaired) electrons. The molecule has 2 rings (SSSR count). The van der Waals surface area contributed by atoms with E-state index in [2.05, 4.69) is 18.0 Å². The number of likely N-dealkylation sites (tertiary alicyclic amines) is 1. The number of benzene rings is 1. The lowest BCUT2D eigenvalue weighted by molar-refractivity contribution is -0.140. The van der Waals surface area contributed by atoms with E-state index >= 15 is 0 Å². The number of piperidine rings is 1. The number of carboxylic acids is 1. The van der Waals surface area contributed by atoms with Gasteiger partial charge in [0.05, 0.1) is 5.92 Å². The fourth-order valence-electron chi connectivity index (χ4n) is 3.24. The van der Waals surface area contributed by atoms with Crippen molar-refractivity contribution in [1.82, 2.24) is 4.90 Å². The van der Waals surface area contributed by atoms with Crippen LogP contribution >= 0.6 is 0 Å². The van der Waals surface area contributed by atoms with Crippen LogP contribution in [0.4, 0.5) is 0 Å². The van der Waals surface area contributed by atoms with Crippen molar-refractivity contribution in [3.05, 3.63) is 34.9 Å². The van der Waals surface area contributed by atoms with Gasteiger partial charge in [0, 0.05) is 6.54 Å². The summed E-state index contributed by atoms with van der Waals surface area (Å²) in [5.74, 6) is -0.840. The zero-order valence-electron chi connectivity index (χ0n) is 12.0. The van der Waals surface area contributed by atoms with Crippen LogP contribution in [0.5, 0.6) is 0 Å². The van der Waals surface area contributed by atoms with Gasteiger partial charge < -0.3 is 10.0 Å². The van der Waals surface area contributed by atoms with Gasteiger partial charge in [0.1, 0.15) is 0 Å². The highest BCUT2D eigenvalue weighted by atomic mass is 16.4. The van der Waals surface area contributed by atoms with Gasteiger partial charge in [0.25, 0.3) is 0 Å². The number of carboxylic acid groups (broad SMARTS) is 1. The van der Waals surface area contributed by atoms with Crippen molar-refractivity contribution in [2.45, 2.75) is 32.6 Å². The summed E-state index contributed by atoms with van der Waals surface area (Å²) < 4.78 is 0. The first-order valence-electron chi connectivity index (χ1n) is 6.97. The molecule has 0 bridgehead atoms. The van der Waals surface area contributed by atoms with Crippen LogP contribution in [0.3, 0.4) is 0 Å². The highest BCUT2D eigenvalue weighted by Crippen LogP contribution is 2.33. The Morgan fingerprint density at radius 1 is 1.42 bits per heavy atom. The van der Waals surface area contributed by atoms with E-state index < -0.39 is 5.97 Å². The summed E-state index contributed by atoms with van der Waals surface area (Å²) in [6.45, 7) is 6.02. The first kappa shape index (κ1) is 14.1. The minimum atomic E-state index is -0.688. The Bertz CT molecular complexity index is 470. The molecule has 104 valence electrons. The van der Waals surface area contributed by atoms with E-state index in [0.29, 0.717) is 0 Å². The molecule has 2 atom stereocenters. The summed E-state index contributed by atoms with van der Waals surface area (Å²) in [6, 6.07) is 6.10. The lowest BCUT2D eigenvalue weighted by atomic mass is 9.79. The van der Waals surface area contributed by atoms with Crippen LogP contribution in [-0.2, 0) is 4.79 Å². The molecule has 1 aliphatic heterocycles. The van der Waals surface area contributed by atoms with Crippen molar-refractivity contribution < 1.29 is 9.90 Å². The first-order chi connectivity index (χ1) is 8.99. The Morgan fingerprint density at radius 3 is 2.74 bits per heavy atom. The monoisotopic (exact) mass is 261 g/mol. The quantitative estimate of drug-likeness (QED) is 0.909. The predicted octanol–water partition coefficient (Wildman–Crippen LogP) is 2.81. The van der Waals surface area contributed by atoms with E-state index in [0.717, 1.165) is 37.1 Å². The summed E-state index contributed by atoms with van der Waals surface area (Å²) in [6.07, 6.45) is 2.10. The van der Waals surface area contributed by atoms with Crippen LogP contribution in [0.15, 0.2) is 18.2 Å². The number of hydrogen-bond donors (Lipinski definition) is 1. The van der Waals surface area contributed by atoms with Crippen molar-refractivity contribution in [1.29, 1.82) is 0 Å². The van der Waals surface area contributed by atoms with Crippen LogP contribution in [0, 0.1) is 19.8 Å². The summed E-state index contributed by atoms with van der Waals surface area (Å²) in [7, 11) is 2.08. The lowest BCUT2D eigenvalue weighted by Gasteiger charge is -2.34. The number of aliphatic carboxylic acids is 1. The number of nitrogens with zero attached hydrogens (tertiary/aromatic N) is 1. The largest absolute Gasteiger partial charge is 0.481 e. The Hall–Kier alpha value is -1.35. The topological polar surface area (TPSA) is 40.5 Å². The maximum absolute atomic E-state index is 11.7. The standard InChI is InChI=1S/C16H23NO2/c1-11-6-7-14(12(2)9-11)15(16(18)19)13-5-4-8-17(3)10-13/h6-7,9,13,15H,4-5,8,10H2,1-3H3,(H,18,19). The zero-order chi connectivity index (χ0) is 14.0. The van der Waals surface area contributed by atoms with E-state index in [-0.39, 0.29) is 11.8 Å². The molecule has 1 N–H and O–H groups in total. The number of hydrogen-bond acceptors (Lipinski definition) is 2. The van der Waals surface area contributed by atoms with Crippen molar-refractivity contribution in [3.8, 4) is 0 Å². The normalized spacial score (nSPS) is 22.2. The maximum Gasteiger partial charge on any atom is 0.311 e. The van der Waals surface area contributed by atoms with Crippen molar-refractivity contribution >= 4 is 5.97 Å². The van der Waals surface area contributed by atoms with E-state index in [1.807, 2.05) is 26.0 Å². The molecule has 1 fully saturated rings. The summed E-state index contributed by atoms with van der Waals surface area (Å²) in [5, 5.41) is 9.64. The second-order valence-corrected chi connectivity index (χ2v) is 5.84. The van der Waals surface area contributed by atoms with E-state index in [1.165, 1.54) is 5.56 Å². The molecule has 2 unspecified atom stereocenters. The Kier molecular flexibility index (Phi) is 4.25. The Labute approximate surface area is 115 Å². The molecule has 1 aliphatic rings. The van der Waals surface area contributed by atoms with Gasteiger partial charge in [-0.15, -0.1) is 0 Å². The van der Waals surface area contributed by atoms with Crippen LogP contribution in [0.1, 0.15) is 35.4 Å². The molecule has 1 saturated heterocycles. The fourth-order valence-corrected chi connectivity index (χ4v) is 3.24. The molecule has 1 heterocycles. The summed E-state index contributed by atoms with van der Waals surface area (Å²) >= 11 is 0. The average Bonchev–Trinajstić information content (AvgIpc) is 2.32. The second kappa shape index (κ2) is 5.74. The molecule has 0 aliphatic carbocycles. The Morgan fingerprint density at radius 2 is 2.16 bits per heavy atom. The SMILES string of the molecule is Cc1ccc(C(C(=O)O)C2CCCN(C)C2)c(C)c1. The van der Waals surface area contributed by atoms with Gasteiger partial charge in [-0.3, -0.25) is 4.79 Å². The number of aryl methyl sites for hydroxylation is 2. The maximum atomic E-state index is 11.7. The lowest BCUT2D eigenvalue weighted by Crippen LogP contribution is -2.37.